The zero-order chi connectivity index (χ0) is 30.9. The van der Waals surface area contributed by atoms with Crippen LogP contribution in [-0.4, -0.2) is 39.3 Å². The molecule has 3 aromatic rings. The third-order valence-corrected chi connectivity index (χ3v) is 10.2. The van der Waals surface area contributed by atoms with Crippen molar-refractivity contribution in [2.75, 3.05) is 14.2 Å². The van der Waals surface area contributed by atoms with Gasteiger partial charge < -0.3 is 18.9 Å². The van der Waals surface area contributed by atoms with E-state index < -0.39 is 37.1 Å². The maximum Gasteiger partial charge on any atom is 0.524 e. The zero-order valence-corrected chi connectivity index (χ0v) is 25.8. The van der Waals surface area contributed by atoms with Crippen LogP contribution in [0, 0.1) is 0 Å². The van der Waals surface area contributed by atoms with Gasteiger partial charge in [0.15, 0.2) is 11.5 Å². The molecule has 41 heavy (non-hydrogen) atoms. The fraction of sp³-hybridized carbons (Fsp3) is 0.379. The Kier molecular flexibility index (Phi) is 9.22. The van der Waals surface area contributed by atoms with Gasteiger partial charge in [0.05, 0.1) is 24.0 Å². The monoisotopic (exact) mass is 616 g/mol. The lowest BCUT2D eigenvalue weighted by molar-refractivity contribution is -0.0496. The highest BCUT2D eigenvalue weighted by molar-refractivity contribution is 8.33. The minimum Gasteiger partial charge on any atom is -0.496 e. The summed E-state index contributed by atoms with van der Waals surface area (Å²) in [4.78, 5) is 0.192. The molecule has 0 N–H and O–H groups in total. The molecule has 0 aliphatic heterocycles. The summed E-state index contributed by atoms with van der Waals surface area (Å²) in [5.41, 5.74) is -7.13. The van der Waals surface area contributed by atoms with Crippen molar-refractivity contribution >= 4 is 20.4 Å². The SMILES string of the molecule is COc1ccccc1S(OS(=O)(=O)C(F)(F)F)(c1ccc(OC(C)(C)C)c(OC(C)(C)C)c1)c1ccccc1OC. The predicted octanol–water partition coefficient (Wildman–Crippen LogP) is 8.12. The Morgan fingerprint density at radius 3 is 1.46 bits per heavy atom. The summed E-state index contributed by atoms with van der Waals surface area (Å²) in [6.45, 7) is 10.9. The summed E-state index contributed by atoms with van der Waals surface area (Å²) in [7, 11) is -7.31. The van der Waals surface area contributed by atoms with Gasteiger partial charge in [-0.3, -0.25) is 0 Å². The van der Waals surface area contributed by atoms with E-state index in [2.05, 4.69) is 0 Å². The summed E-state index contributed by atoms with van der Waals surface area (Å²) >= 11 is 0. The van der Waals surface area contributed by atoms with Gasteiger partial charge in [0.25, 0.3) is 0 Å². The molecule has 0 unspecified atom stereocenters. The first-order chi connectivity index (χ1) is 18.8. The van der Waals surface area contributed by atoms with E-state index in [0.29, 0.717) is 5.75 Å². The van der Waals surface area contributed by atoms with Crippen LogP contribution < -0.4 is 18.9 Å². The van der Waals surface area contributed by atoms with Gasteiger partial charge in [-0.2, -0.15) is 25.2 Å². The average Bonchev–Trinajstić information content (AvgIpc) is 2.86. The fourth-order valence-electron chi connectivity index (χ4n) is 3.86. The Morgan fingerprint density at radius 1 is 0.610 bits per heavy atom. The highest BCUT2D eigenvalue weighted by Crippen LogP contribution is 2.74. The van der Waals surface area contributed by atoms with Gasteiger partial charge in [-0.05, 0) is 94.3 Å². The smallest absolute Gasteiger partial charge is 0.496 e. The van der Waals surface area contributed by atoms with Gasteiger partial charge in [-0.25, -0.2) is 0 Å². The number of benzene rings is 3. The number of methoxy groups -OCH3 is 2. The fourth-order valence-corrected chi connectivity index (χ4v) is 8.83. The van der Waals surface area contributed by atoms with E-state index in [-0.39, 0.29) is 31.9 Å². The van der Waals surface area contributed by atoms with Crippen LogP contribution in [0.15, 0.2) is 81.4 Å². The van der Waals surface area contributed by atoms with Crippen LogP contribution in [0.4, 0.5) is 13.2 Å². The third kappa shape index (κ3) is 7.22. The van der Waals surface area contributed by atoms with Crippen molar-refractivity contribution in [3.05, 3.63) is 66.7 Å². The predicted molar refractivity (Wildman–Crippen MR) is 152 cm³/mol. The molecule has 12 heteroatoms. The normalized spacial score (nSPS) is 13.4. The molecule has 3 aromatic carbocycles. The van der Waals surface area contributed by atoms with Gasteiger partial charge >= 0.3 is 15.6 Å². The van der Waals surface area contributed by atoms with Crippen LogP contribution in [0.2, 0.25) is 0 Å². The first kappa shape index (κ1) is 32.4. The van der Waals surface area contributed by atoms with Gasteiger partial charge in [0.2, 0.25) is 0 Å². The molecule has 0 heterocycles. The van der Waals surface area contributed by atoms with Gasteiger partial charge in [0.1, 0.15) is 22.7 Å². The number of hydrogen-bond donors (Lipinski definition) is 0. The summed E-state index contributed by atoms with van der Waals surface area (Å²) in [6, 6.07) is 16.8. The maximum atomic E-state index is 14.0. The van der Waals surface area contributed by atoms with E-state index >= 15 is 0 Å². The molecule has 7 nitrogen and oxygen atoms in total. The summed E-state index contributed by atoms with van der Waals surface area (Å²) in [5, 5.41) is 0. The van der Waals surface area contributed by atoms with Gasteiger partial charge in [-0.15, -0.1) is 0 Å². The second-order valence-corrected chi connectivity index (χ2v) is 15.2. The van der Waals surface area contributed by atoms with E-state index in [9.17, 15) is 21.6 Å². The number of halogens is 3. The molecular formula is C29H35F3O7S2. The average molecular weight is 617 g/mol. The van der Waals surface area contributed by atoms with E-state index in [0.717, 1.165) is 0 Å². The summed E-state index contributed by atoms with van der Waals surface area (Å²) in [5.74, 6) is 0.709. The molecule has 0 radical (unpaired) electrons. The molecule has 0 amide bonds. The highest BCUT2D eigenvalue weighted by Gasteiger charge is 2.53. The molecule has 0 saturated carbocycles. The molecular weight excluding hydrogens is 581 g/mol. The quantitative estimate of drug-likeness (QED) is 0.225. The number of para-hydroxylation sites is 2. The Labute approximate surface area is 241 Å². The molecule has 0 atom stereocenters. The molecule has 0 fully saturated rings. The largest absolute Gasteiger partial charge is 0.524 e. The van der Waals surface area contributed by atoms with Crippen molar-refractivity contribution < 1.29 is 44.2 Å². The van der Waals surface area contributed by atoms with Crippen molar-refractivity contribution in [3.8, 4) is 23.0 Å². The molecule has 0 bridgehead atoms. The Bertz CT molecular complexity index is 1430. The molecule has 0 aliphatic carbocycles. The van der Waals surface area contributed by atoms with Crippen molar-refractivity contribution in [2.24, 2.45) is 0 Å². The Morgan fingerprint density at radius 2 is 1.05 bits per heavy atom. The lowest BCUT2D eigenvalue weighted by Gasteiger charge is -2.41. The number of rotatable bonds is 9. The van der Waals surface area contributed by atoms with Crippen molar-refractivity contribution in [1.82, 2.24) is 0 Å². The number of ether oxygens (including phenoxy) is 4. The van der Waals surface area contributed by atoms with Crippen LogP contribution in [0.25, 0.3) is 0 Å². The van der Waals surface area contributed by atoms with Crippen LogP contribution >= 0.6 is 10.3 Å². The van der Waals surface area contributed by atoms with Gasteiger partial charge in [0, 0.05) is 4.90 Å². The van der Waals surface area contributed by atoms with Crippen molar-refractivity contribution in [2.45, 2.75) is 72.9 Å². The first-order valence-corrected chi connectivity index (χ1v) is 15.5. The lowest BCUT2D eigenvalue weighted by atomic mass is 10.1. The Balaban J connectivity index is 2.57. The second-order valence-electron chi connectivity index (χ2n) is 10.9. The standard InChI is InChI=1S/C29H35F3O7S2/c1-27(2,3)37-21-18-17-20(19-24(21)38-28(4,5)6)40(39-41(33,34)29(30,31)32,25-15-11-9-13-22(25)35-7)26-16-12-10-14-23(26)36-8/h9-19H,1-8H3. The molecule has 3 rings (SSSR count). The van der Waals surface area contributed by atoms with E-state index in [1.165, 1.54) is 56.7 Å². The summed E-state index contributed by atoms with van der Waals surface area (Å²) in [6.07, 6.45) is 0. The van der Waals surface area contributed by atoms with Crippen LogP contribution in [0.1, 0.15) is 41.5 Å². The van der Waals surface area contributed by atoms with Crippen LogP contribution in [0.5, 0.6) is 23.0 Å². The lowest BCUT2D eigenvalue weighted by Crippen LogP contribution is -2.28. The minimum atomic E-state index is -6.18. The van der Waals surface area contributed by atoms with Crippen LogP contribution in [0.3, 0.4) is 0 Å². The molecule has 0 spiro atoms. The van der Waals surface area contributed by atoms with Crippen molar-refractivity contribution in [3.63, 3.8) is 0 Å². The first-order valence-electron chi connectivity index (χ1n) is 12.5. The minimum absolute atomic E-state index is 0.0611. The topological polar surface area (TPSA) is 80.3 Å². The molecule has 0 aromatic heterocycles. The van der Waals surface area contributed by atoms with Crippen molar-refractivity contribution in [1.29, 1.82) is 0 Å². The molecule has 226 valence electrons. The van der Waals surface area contributed by atoms with Crippen LogP contribution in [-0.2, 0) is 13.7 Å². The molecule has 0 saturated heterocycles. The number of hydrogen-bond acceptors (Lipinski definition) is 7. The van der Waals surface area contributed by atoms with Gasteiger partial charge in [-0.1, -0.05) is 24.3 Å². The van der Waals surface area contributed by atoms with E-state index in [4.69, 9.17) is 22.6 Å². The highest BCUT2D eigenvalue weighted by atomic mass is 32.3. The molecule has 0 aliphatic rings. The maximum absolute atomic E-state index is 14.0. The van der Waals surface area contributed by atoms with E-state index in [1.807, 2.05) is 20.8 Å². The summed E-state index contributed by atoms with van der Waals surface area (Å²) < 4.78 is 96.6. The van der Waals surface area contributed by atoms with E-state index in [1.54, 1.807) is 45.0 Å². The zero-order valence-electron chi connectivity index (χ0n) is 24.2. The third-order valence-electron chi connectivity index (χ3n) is 5.31. The second kappa shape index (κ2) is 11.7. The Hall–Kier alpha value is -3.09. The number of alkyl halides is 3.